The maximum Gasteiger partial charge on any atom is 0.306 e. The molecule has 0 fully saturated rings. The van der Waals surface area contributed by atoms with Crippen LogP contribution in [0.2, 0.25) is 0 Å². The molecule has 0 aromatic heterocycles. The van der Waals surface area contributed by atoms with Crippen LogP contribution in [0.25, 0.3) is 0 Å². The minimum absolute atomic E-state index is 0.231. The molecule has 0 saturated heterocycles. The molecular formula is C12H15FO2S. The predicted molar refractivity (Wildman–Crippen MR) is 64.1 cm³/mol. The number of rotatable bonds is 6. The zero-order valence-corrected chi connectivity index (χ0v) is 10.1. The quantitative estimate of drug-likeness (QED) is 0.566. The summed E-state index contributed by atoms with van der Waals surface area (Å²) in [5.74, 6) is 0.266. The minimum Gasteiger partial charge on any atom is -0.465 e. The van der Waals surface area contributed by atoms with Crippen LogP contribution in [0.15, 0.2) is 24.3 Å². The average Bonchev–Trinajstić information content (AvgIpc) is 2.28. The first-order valence-corrected chi connectivity index (χ1v) is 6.51. The Kier molecular flexibility index (Phi) is 5.93. The standard InChI is InChI=1S/C12H15FO2S/c1-16-9-8-15-12(14)7-6-10-4-2-3-5-11(10)13/h2-5H,6-9H2,1H3. The van der Waals surface area contributed by atoms with E-state index in [1.165, 1.54) is 6.07 Å². The molecule has 0 saturated carbocycles. The topological polar surface area (TPSA) is 26.3 Å². The van der Waals surface area contributed by atoms with Crippen molar-refractivity contribution >= 4 is 17.7 Å². The van der Waals surface area contributed by atoms with Gasteiger partial charge in [0.1, 0.15) is 12.4 Å². The van der Waals surface area contributed by atoms with Crippen LogP contribution in [0.5, 0.6) is 0 Å². The Labute approximate surface area is 99.2 Å². The molecule has 0 spiro atoms. The molecule has 0 atom stereocenters. The summed E-state index contributed by atoms with van der Waals surface area (Å²) in [7, 11) is 0. The fourth-order valence-electron chi connectivity index (χ4n) is 1.25. The van der Waals surface area contributed by atoms with Crippen molar-refractivity contribution in [1.82, 2.24) is 0 Å². The van der Waals surface area contributed by atoms with Crippen molar-refractivity contribution < 1.29 is 13.9 Å². The fourth-order valence-corrected chi connectivity index (χ4v) is 1.50. The number of hydrogen-bond acceptors (Lipinski definition) is 3. The van der Waals surface area contributed by atoms with Crippen LogP contribution in [0, 0.1) is 5.82 Å². The lowest BCUT2D eigenvalue weighted by Crippen LogP contribution is -2.08. The van der Waals surface area contributed by atoms with Gasteiger partial charge < -0.3 is 4.74 Å². The smallest absolute Gasteiger partial charge is 0.306 e. The average molecular weight is 242 g/mol. The Bertz CT molecular complexity index is 342. The molecule has 0 N–H and O–H groups in total. The van der Waals surface area contributed by atoms with Gasteiger partial charge in [-0.3, -0.25) is 4.79 Å². The molecule has 0 aliphatic carbocycles. The van der Waals surface area contributed by atoms with Crippen LogP contribution in [-0.4, -0.2) is 24.6 Å². The van der Waals surface area contributed by atoms with Gasteiger partial charge in [-0.05, 0) is 24.3 Å². The van der Waals surface area contributed by atoms with Crippen LogP contribution < -0.4 is 0 Å². The van der Waals surface area contributed by atoms with E-state index in [1.54, 1.807) is 30.0 Å². The molecule has 1 aromatic rings. The number of benzene rings is 1. The van der Waals surface area contributed by atoms with E-state index in [4.69, 9.17) is 4.74 Å². The van der Waals surface area contributed by atoms with Crippen LogP contribution in [0.1, 0.15) is 12.0 Å². The van der Waals surface area contributed by atoms with Crippen molar-refractivity contribution in [3.05, 3.63) is 35.6 Å². The van der Waals surface area contributed by atoms with Crippen LogP contribution >= 0.6 is 11.8 Å². The summed E-state index contributed by atoms with van der Waals surface area (Å²) in [6.07, 6.45) is 2.58. The molecule has 0 aliphatic rings. The van der Waals surface area contributed by atoms with E-state index in [2.05, 4.69) is 0 Å². The molecule has 16 heavy (non-hydrogen) atoms. The number of esters is 1. The van der Waals surface area contributed by atoms with Crippen LogP contribution in [0.3, 0.4) is 0 Å². The molecule has 0 heterocycles. The van der Waals surface area contributed by atoms with Crippen molar-refractivity contribution in [2.24, 2.45) is 0 Å². The summed E-state index contributed by atoms with van der Waals surface area (Å²) in [5, 5.41) is 0. The van der Waals surface area contributed by atoms with Gasteiger partial charge in [-0.2, -0.15) is 11.8 Å². The normalized spacial score (nSPS) is 10.1. The van der Waals surface area contributed by atoms with Gasteiger partial charge in [0, 0.05) is 12.2 Å². The Morgan fingerprint density at radius 3 is 2.88 bits per heavy atom. The van der Waals surface area contributed by atoms with Gasteiger partial charge >= 0.3 is 5.97 Å². The van der Waals surface area contributed by atoms with Crippen molar-refractivity contribution in [2.75, 3.05) is 18.6 Å². The van der Waals surface area contributed by atoms with Gasteiger partial charge in [-0.15, -0.1) is 0 Å². The van der Waals surface area contributed by atoms with Gasteiger partial charge in [-0.25, -0.2) is 4.39 Å². The molecule has 2 nitrogen and oxygen atoms in total. The van der Waals surface area contributed by atoms with Gasteiger partial charge in [0.05, 0.1) is 0 Å². The third-order valence-corrected chi connectivity index (χ3v) is 2.68. The zero-order chi connectivity index (χ0) is 11.8. The summed E-state index contributed by atoms with van der Waals surface area (Å²) in [5.41, 5.74) is 0.560. The van der Waals surface area contributed by atoms with E-state index in [1.807, 2.05) is 6.26 Å². The van der Waals surface area contributed by atoms with E-state index in [-0.39, 0.29) is 18.2 Å². The zero-order valence-electron chi connectivity index (χ0n) is 9.24. The van der Waals surface area contributed by atoms with Gasteiger partial charge in [0.2, 0.25) is 0 Å². The number of carbonyl (C=O) groups excluding carboxylic acids is 1. The Morgan fingerprint density at radius 2 is 2.19 bits per heavy atom. The highest BCUT2D eigenvalue weighted by atomic mass is 32.2. The van der Waals surface area contributed by atoms with E-state index in [0.29, 0.717) is 18.6 Å². The highest BCUT2D eigenvalue weighted by Gasteiger charge is 2.06. The fraction of sp³-hybridized carbons (Fsp3) is 0.417. The lowest BCUT2D eigenvalue weighted by Gasteiger charge is -2.04. The second-order valence-corrected chi connectivity index (χ2v) is 4.29. The monoisotopic (exact) mass is 242 g/mol. The van der Waals surface area contributed by atoms with E-state index in [0.717, 1.165) is 5.75 Å². The number of carbonyl (C=O) groups is 1. The van der Waals surface area contributed by atoms with Gasteiger partial charge in [-0.1, -0.05) is 18.2 Å². The first-order chi connectivity index (χ1) is 7.74. The second kappa shape index (κ2) is 7.28. The molecule has 0 unspecified atom stereocenters. The van der Waals surface area contributed by atoms with Crippen molar-refractivity contribution in [3.63, 3.8) is 0 Å². The largest absolute Gasteiger partial charge is 0.465 e. The maximum absolute atomic E-state index is 13.2. The number of hydrogen-bond donors (Lipinski definition) is 0. The van der Waals surface area contributed by atoms with Crippen molar-refractivity contribution in [1.29, 1.82) is 0 Å². The summed E-state index contributed by atoms with van der Waals surface area (Å²) in [6, 6.07) is 6.48. The maximum atomic E-state index is 13.2. The van der Waals surface area contributed by atoms with E-state index < -0.39 is 0 Å². The molecular weight excluding hydrogens is 227 g/mol. The second-order valence-electron chi connectivity index (χ2n) is 3.30. The highest BCUT2D eigenvalue weighted by molar-refractivity contribution is 7.98. The number of aryl methyl sites for hydroxylation is 1. The molecule has 1 rings (SSSR count). The van der Waals surface area contributed by atoms with Crippen molar-refractivity contribution in [2.45, 2.75) is 12.8 Å². The molecule has 0 bridgehead atoms. The Hall–Kier alpha value is -1.03. The first-order valence-electron chi connectivity index (χ1n) is 5.12. The molecule has 0 aliphatic heterocycles. The SMILES string of the molecule is CSCCOC(=O)CCc1ccccc1F. The molecule has 0 amide bonds. The Morgan fingerprint density at radius 1 is 1.44 bits per heavy atom. The van der Waals surface area contributed by atoms with E-state index >= 15 is 0 Å². The highest BCUT2D eigenvalue weighted by Crippen LogP contribution is 2.09. The summed E-state index contributed by atoms with van der Waals surface area (Å²) in [6.45, 7) is 0.428. The number of ether oxygens (including phenoxy) is 1. The van der Waals surface area contributed by atoms with Crippen LogP contribution in [0.4, 0.5) is 4.39 Å². The van der Waals surface area contributed by atoms with Gasteiger partial charge in [0.15, 0.2) is 0 Å². The number of halogens is 1. The molecule has 0 radical (unpaired) electrons. The Balaban J connectivity index is 2.29. The number of thioether (sulfide) groups is 1. The summed E-state index contributed by atoms with van der Waals surface area (Å²) in [4.78, 5) is 11.2. The van der Waals surface area contributed by atoms with Crippen molar-refractivity contribution in [3.8, 4) is 0 Å². The third kappa shape index (κ3) is 4.66. The van der Waals surface area contributed by atoms with E-state index in [9.17, 15) is 9.18 Å². The summed E-state index contributed by atoms with van der Waals surface area (Å²) >= 11 is 1.62. The summed E-state index contributed by atoms with van der Waals surface area (Å²) < 4.78 is 18.2. The first kappa shape index (κ1) is 13.0. The lowest BCUT2D eigenvalue weighted by atomic mass is 10.1. The van der Waals surface area contributed by atoms with Crippen LogP contribution in [-0.2, 0) is 16.0 Å². The third-order valence-electron chi connectivity index (χ3n) is 2.11. The minimum atomic E-state index is -0.266. The predicted octanol–water partition coefficient (Wildman–Crippen LogP) is 2.66. The molecule has 88 valence electrons. The molecule has 1 aromatic carbocycles. The molecule has 4 heteroatoms. The lowest BCUT2D eigenvalue weighted by molar-refractivity contribution is -0.142. The van der Waals surface area contributed by atoms with Gasteiger partial charge in [0.25, 0.3) is 0 Å².